The number of carbonyl (C=O) groups excluding carboxylic acids is 1. The first-order valence-electron chi connectivity index (χ1n) is 5.07. The number of aromatic nitrogens is 3. The monoisotopic (exact) mass is 242 g/mol. The fourth-order valence-electron chi connectivity index (χ4n) is 1.07. The van der Waals surface area contributed by atoms with Gasteiger partial charge in [-0.1, -0.05) is 0 Å². The minimum absolute atomic E-state index is 0.139. The lowest BCUT2D eigenvalue weighted by Gasteiger charge is -2.05. The van der Waals surface area contributed by atoms with Crippen LogP contribution in [0.1, 0.15) is 6.42 Å². The second-order valence-electron chi connectivity index (χ2n) is 3.20. The van der Waals surface area contributed by atoms with E-state index < -0.39 is 5.97 Å². The van der Waals surface area contributed by atoms with Crippen LogP contribution in [0.15, 0.2) is 12.7 Å². The van der Waals surface area contributed by atoms with Gasteiger partial charge in [0.25, 0.3) is 0 Å². The maximum Gasteiger partial charge on any atom is 0.329 e. The van der Waals surface area contributed by atoms with Crippen LogP contribution < -0.4 is 5.32 Å². The third-order valence-corrected chi connectivity index (χ3v) is 1.83. The lowest BCUT2D eigenvalue weighted by atomic mass is 10.4. The summed E-state index contributed by atoms with van der Waals surface area (Å²) in [5.74, 6) is -1.16. The van der Waals surface area contributed by atoms with Crippen LogP contribution in [0.4, 0.5) is 0 Å². The lowest BCUT2D eigenvalue weighted by molar-refractivity contribution is -0.142. The van der Waals surface area contributed by atoms with Gasteiger partial charge in [-0.2, -0.15) is 5.10 Å². The Morgan fingerprint density at radius 2 is 2.29 bits per heavy atom. The van der Waals surface area contributed by atoms with E-state index in [1.807, 2.05) is 0 Å². The topological polar surface area (TPSA) is 106 Å². The second-order valence-corrected chi connectivity index (χ2v) is 3.20. The summed E-state index contributed by atoms with van der Waals surface area (Å²) in [7, 11) is 0. The summed E-state index contributed by atoms with van der Waals surface area (Å²) in [4.78, 5) is 25.1. The highest BCUT2D eigenvalue weighted by Crippen LogP contribution is 1.87. The predicted molar refractivity (Wildman–Crippen MR) is 56.1 cm³/mol. The molecule has 0 aliphatic rings. The van der Waals surface area contributed by atoms with Crippen molar-refractivity contribution in [3.8, 4) is 0 Å². The molecule has 0 radical (unpaired) electrons. The molecular formula is C9H14N4O4. The van der Waals surface area contributed by atoms with Gasteiger partial charge >= 0.3 is 5.97 Å². The van der Waals surface area contributed by atoms with Crippen molar-refractivity contribution in [2.45, 2.75) is 13.0 Å². The van der Waals surface area contributed by atoms with E-state index in [1.54, 1.807) is 4.68 Å². The molecule has 0 unspecified atom stereocenters. The van der Waals surface area contributed by atoms with Crippen molar-refractivity contribution in [1.29, 1.82) is 0 Å². The van der Waals surface area contributed by atoms with Gasteiger partial charge < -0.3 is 15.2 Å². The Morgan fingerprint density at radius 1 is 1.47 bits per heavy atom. The molecule has 0 aromatic carbocycles. The minimum atomic E-state index is -1.03. The van der Waals surface area contributed by atoms with Crippen molar-refractivity contribution in [2.24, 2.45) is 0 Å². The Labute approximate surface area is 97.6 Å². The van der Waals surface area contributed by atoms with Crippen LogP contribution in [0.25, 0.3) is 0 Å². The van der Waals surface area contributed by atoms with E-state index in [9.17, 15) is 9.59 Å². The molecule has 17 heavy (non-hydrogen) atoms. The molecule has 2 N–H and O–H groups in total. The maximum absolute atomic E-state index is 11.3. The summed E-state index contributed by atoms with van der Waals surface area (Å²) in [6, 6.07) is 0. The summed E-state index contributed by atoms with van der Waals surface area (Å²) in [5, 5.41) is 14.7. The molecule has 0 bridgehead atoms. The summed E-state index contributed by atoms with van der Waals surface area (Å²) in [6.45, 7) is 0.585. The highest BCUT2D eigenvalue weighted by Gasteiger charge is 2.02. The summed E-state index contributed by atoms with van der Waals surface area (Å²) in [5.41, 5.74) is 0. The first-order valence-corrected chi connectivity index (χ1v) is 5.07. The van der Waals surface area contributed by atoms with E-state index in [4.69, 9.17) is 9.84 Å². The molecule has 0 atom stereocenters. The van der Waals surface area contributed by atoms with Crippen LogP contribution in [-0.4, -0.2) is 51.5 Å². The van der Waals surface area contributed by atoms with E-state index in [-0.39, 0.29) is 19.1 Å². The van der Waals surface area contributed by atoms with Crippen molar-refractivity contribution < 1.29 is 19.4 Å². The molecule has 0 saturated carbocycles. The number of carboxylic acid groups (broad SMARTS) is 1. The van der Waals surface area contributed by atoms with Gasteiger partial charge in [0, 0.05) is 13.0 Å². The van der Waals surface area contributed by atoms with Gasteiger partial charge in [-0.3, -0.25) is 9.48 Å². The summed E-state index contributed by atoms with van der Waals surface area (Å²) < 4.78 is 6.31. The van der Waals surface area contributed by atoms with Crippen molar-refractivity contribution >= 4 is 11.9 Å². The second kappa shape index (κ2) is 7.34. The number of carboxylic acids is 1. The molecule has 1 amide bonds. The smallest absolute Gasteiger partial charge is 0.329 e. The molecule has 8 heteroatoms. The van der Waals surface area contributed by atoms with Crippen molar-refractivity contribution in [3.63, 3.8) is 0 Å². The molecule has 0 fully saturated rings. The van der Waals surface area contributed by atoms with Crippen LogP contribution >= 0.6 is 0 Å². The minimum Gasteiger partial charge on any atom is -0.480 e. The number of amides is 1. The molecule has 0 aliphatic heterocycles. The number of aryl methyl sites for hydroxylation is 1. The maximum atomic E-state index is 11.3. The summed E-state index contributed by atoms with van der Waals surface area (Å²) in [6.07, 6.45) is 3.23. The van der Waals surface area contributed by atoms with E-state index in [2.05, 4.69) is 15.4 Å². The van der Waals surface area contributed by atoms with E-state index in [0.717, 1.165) is 0 Å². The molecule has 1 rings (SSSR count). The Hall–Kier alpha value is -1.96. The van der Waals surface area contributed by atoms with Gasteiger partial charge in [-0.15, -0.1) is 0 Å². The molecular weight excluding hydrogens is 228 g/mol. The first-order chi connectivity index (χ1) is 8.18. The van der Waals surface area contributed by atoms with Gasteiger partial charge in [0.15, 0.2) is 0 Å². The van der Waals surface area contributed by atoms with Crippen molar-refractivity contribution in [1.82, 2.24) is 20.1 Å². The molecule has 0 spiro atoms. The third kappa shape index (κ3) is 6.25. The van der Waals surface area contributed by atoms with Crippen molar-refractivity contribution in [2.75, 3.05) is 19.8 Å². The Kier molecular flexibility index (Phi) is 5.66. The zero-order valence-electron chi connectivity index (χ0n) is 9.20. The molecule has 94 valence electrons. The average Bonchev–Trinajstić information content (AvgIpc) is 2.78. The van der Waals surface area contributed by atoms with Crippen LogP contribution in [-0.2, 0) is 20.9 Å². The third-order valence-electron chi connectivity index (χ3n) is 1.83. The number of aliphatic carboxylic acids is 1. The quantitative estimate of drug-likeness (QED) is 0.559. The number of hydrogen-bond acceptors (Lipinski definition) is 5. The largest absolute Gasteiger partial charge is 0.480 e. The fourth-order valence-corrected chi connectivity index (χ4v) is 1.07. The highest BCUT2D eigenvalue weighted by atomic mass is 16.5. The molecule has 1 aromatic rings. The fraction of sp³-hybridized carbons (Fsp3) is 0.556. The van der Waals surface area contributed by atoms with Crippen LogP contribution in [0.2, 0.25) is 0 Å². The number of nitrogens with zero attached hydrogens (tertiary/aromatic N) is 3. The Balaban J connectivity index is 2.00. The lowest BCUT2D eigenvalue weighted by Crippen LogP contribution is -2.28. The Bertz CT molecular complexity index is 352. The molecule has 1 heterocycles. The zero-order valence-corrected chi connectivity index (χ0v) is 9.20. The SMILES string of the molecule is O=C(O)COCCNC(=O)CCn1cncn1. The standard InChI is InChI=1S/C9H14N4O4/c14-8(1-3-13-7-10-6-12-13)11-2-4-17-5-9(15)16/h6-7H,1-5H2,(H,11,14)(H,15,16). The zero-order chi connectivity index (χ0) is 12.5. The molecule has 0 saturated heterocycles. The highest BCUT2D eigenvalue weighted by molar-refractivity contribution is 5.75. The molecule has 0 aliphatic carbocycles. The van der Waals surface area contributed by atoms with Gasteiger partial charge in [0.1, 0.15) is 19.3 Å². The van der Waals surface area contributed by atoms with E-state index in [1.165, 1.54) is 12.7 Å². The normalized spacial score (nSPS) is 10.1. The summed E-state index contributed by atoms with van der Waals surface area (Å²) >= 11 is 0. The van der Waals surface area contributed by atoms with Gasteiger partial charge in [0.05, 0.1) is 13.2 Å². The van der Waals surface area contributed by atoms with Crippen LogP contribution in [0.5, 0.6) is 0 Å². The van der Waals surface area contributed by atoms with Gasteiger partial charge in [0.2, 0.25) is 5.91 Å². The van der Waals surface area contributed by atoms with Gasteiger partial charge in [-0.25, -0.2) is 9.78 Å². The van der Waals surface area contributed by atoms with Crippen LogP contribution in [0.3, 0.4) is 0 Å². The van der Waals surface area contributed by atoms with Crippen molar-refractivity contribution in [3.05, 3.63) is 12.7 Å². The number of rotatable bonds is 8. The predicted octanol–water partition coefficient (Wildman–Crippen LogP) is -1.11. The number of carbonyl (C=O) groups is 2. The van der Waals surface area contributed by atoms with E-state index in [0.29, 0.717) is 19.5 Å². The molecule has 1 aromatic heterocycles. The number of ether oxygens (including phenoxy) is 1. The van der Waals surface area contributed by atoms with Gasteiger partial charge in [-0.05, 0) is 0 Å². The number of hydrogen-bond donors (Lipinski definition) is 2. The molecule has 8 nitrogen and oxygen atoms in total. The first kappa shape index (κ1) is 13.1. The average molecular weight is 242 g/mol. The number of nitrogens with one attached hydrogen (secondary N) is 1. The van der Waals surface area contributed by atoms with Crippen LogP contribution in [0, 0.1) is 0 Å². The Morgan fingerprint density at radius 3 is 2.94 bits per heavy atom. The van der Waals surface area contributed by atoms with E-state index >= 15 is 0 Å².